The Labute approximate surface area is 106 Å². The van der Waals surface area contributed by atoms with Crippen LogP contribution in [-0.2, 0) is 13.1 Å². The predicted molar refractivity (Wildman–Crippen MR) is 72.4 cm³/mol. The molecule has 0 amide bonds. The molecule has 3 nitrogen and oxygen atoms in total. The van der Waals surface area contributed by atoms with E-state index in [4.69, 9.17) is 0 Å². The van der Waals surface area contributed by atoms with Crippen LogP contribution in [0.5, 0.6) is 0 Å². The number of thiophene rings is 1. The van der Waals surface area contributed by atoms with Gasteiger partial charge in [-0.1, -0.05) is 6.92 Å². The highest BCUT2D eigenvalue weighted by Crippen LogP contribution is 2.22. The maximum atomic E-state index is 4.24. The van der Waals surface area contributed by atoms with Crippen LogP contribution in [0.25, 0.3) is 0 Å². The molecule has 0 aliphatic heterocycles. The van der Waals surface area contributed by atoms with Gasteiger partial charge in [0.05, 0.1) is 6.54 Å². The molecular weight excluding hydrogens is 230 g/mol. The van der Waals surface area contributed by atoms with Gasteiger partial charge in [0.25, 0.3) is 0 Å². The zero-order valence-corrected chi connectivity index (χ0v) is 11.3. The second-order valence-electron chi connectivity index (χ2n) is 4.17. The second kappa shape index (κ2) is 5.98. The molecule has 0 spiro atoms. The van der Waals surface area contributed by atoms with Gasteiger partial charge in [0.15, 0.2) is 0 Å². The molecule has 17 heavy (non-hydrogen) atoms. The van der Waals surface area contributed by atoms with Gasteiger partial charge < -0.3 is 5.32 Å². The van der Waals surface area contributed by atoms with Crippen LogP contribution in [0.4, 0.5) is 0 Å². The first kappa shape index (κ1) is 12.3. The molecule has 2 aromatic rings. The molecular formula is C13H19N3S. The Bertz CT molecular complexity index is 445. The topological polar surface area (TPSA) is 29.9 Å². The van der Waals surface area contributed by atoms with Gasteiger partial charge in [-0.05, 0) is 37.6 Å². The molecule has 92 valence electrons. The summed E-state index contributed by atoms with van der Waals surface area (Å²) in [7, 11) is 0. The molecule has 0 unspecified atom stereocenters. The van der Waals surface area contributed by atoms with Crippen LogP contribution in [0, 0.1) is 6.92 Å². The lowest BCUT2D eigenvalue weighted by atomic mass is 10.2. The molecule has 2 rings (SSSR count). The highest BCUT2D eigenvalue weighted by Gasteiger charge is 2.05. The third-order valence-corrected chi connectivity index (χ3v) is 3.78. The maximum absolute atomic E-state index is 4.24. The zero-order valence-electron chi connectivity index (χ0n) is 10.4. The van der Waals surface area contributed by atoms with E-state index in [0.717, 1.165) is 19.6 Å². The van der Waals surface area contributed by atoms with Crippen LogP contribution in [0.3, 0.4) is 0 Å². The van der Waals surface area contributed by atoms with Gasteiger partial charge in [-0.15, -0.1) is 11.3 Å². The monoisotopic (exact) mass is 249 g/mol. The molecule has 0 fully saturated rings. The zero-order chi connectivity index (χ0) is 12.1. The van der Waals surface area contributed by atoms with Crippen molar-refractivity contribution in [2.75, 3.05) is 6.54 Å². The van der Waals surface area contributed by atoms with E-state index in [-0.39, 0.29) is 0 Å². The summed E-state index contributed by atoms with van der Waals surface area (Å²) in [6, 6.07) is 4.26. The number of aromatic nitrogens is 2. The van der Waals surface area contributed by atoms with Crippen molar-refractivity contribution in [1.82, 2.24) is 15.1 Å². The minimum atomic E-state index is 0.878. The van der Waals surface area contributed by atoms with Gasteiger partial charge in [0, 0.05) is 28.7 Å². The second-order valence-corrected chi connectivity index (χ2v) is 5.52. The maximum Gasteiger partial charge on any atom is 0.0670 e. The van der Waals surface area contributed by atoms with E-state index in [2.05, 4.69) is 30.3 Å². The standard InChI is InChI=1S/C13H19N3S/c1-3-5-14-9-13-8-12(11(2)17-13)10-16-7-4-6-15-16/h4,6-8,14H,3,5,9-10H2,1-2H3. The Morgan fingerprint density at radius 1 is 1.47 bits per heavy atom. The number of nitrogens with zero attached hydrogens (tertiary/aromatic N) is 2. The summed E-state index contributed by atoms with van der Waals surface area (Å²) in [6.45, 7) is 7.33. The number of nitrogens with one attached hydrogen (secondary N) is 1. The number of hydrogen-bond acceptors (Lipinski definition) is 3. The molecule has 4 heteroatoms. The molecule has 0 radical (unpaired) electrons. The Morgan fingerprint density at radius 3 is 3.06 bits per heavy atom. The lowest BCUT2D eigenvalue weighted by Gasteiger charge is -2.00. The smallest absolute Gasteiger partial charge is 0.0670 e. The van der Waals surface area contributed by atoms with E-state index < -0.39 is 0 Å². The van der Waals surface area contributed by atoms with E-state index in [1.807, 2.05) is 34.5 Å². The lowest BCUT2D eigenvalue weighted by molar-refractivity contribution is 0.675. The summed E-state index contributed by atoms with van der Waals surface area (Å²) in [5, 5.41) is 7.68. The quantitative estimate of drug-likeness (QED) is 0.798. The fraction of sp³-hybridized carbons (Fsp3) is 0.462. The van der Waals surface area contributed by atoms with Gasteiger partial charge in [0.2, 0.25) is 0 Å². The Balaban J connectivity index is 1.98. The summed E-state index contributed by atoms with van der Waals surface area (Å²) < 4.78 is 1.97. The van der Waals surface area contributed by atoms with E-state index in [1.165, 1.54) is 21.7 Å². The highest BCUT2D eigenvalue weighted by atomic mass is 32.1. The van der Waals surface area contributed by atoms with Crippen molar-refractivity contribution in [1.29, 1.82) is 0 Å². The fourth-order valence-electron chi connectivity index (χ4n) is 1.79. The fourth-order valence-corrected chi connectivity index (χ4v) is 2.81. The largest absolute Gasteiger partial charge is 0.312 e. The normalized spacial score (nSPS) is 10.9. The van der Waals surface area contributed by atoms with Crippen LogP contribution in [0.2, 0.25) is 0 Å². The average molecular weight is 249 g/mol. The summed E-state index contributed by atoms with van der Waals surface area (Å²) in [4.78, 5) is 2.81. The third kappa shape index (κ3) is 3.41. The van der Waals surface area contributed by atoms with Gasteiger partial charge in [-0.3, -0.25) is 4.68 Å². The third-order valence-electron chi connectivity index (χ3n) is 2.69. The van der Waals surface area contributed by atoms with Crippen molar-refractivity contribution < 1.29 is 0 Å². The van der Waals surface area contributed by atoms with Gasteiger partial charge in [0.1, 0.15) is 0 Å². The molecule has 2 heterocycles. The van der Waals surface area contributed by atoms with Crippen molar-refractivity contribution in [3.05, 3.63) is 39.8 Å². The molecule has 0 aliphatic rings. The lowest BCUT2D eigenvalue weighted by Crippen LogP contribution is -2.12. The van der Waals surface area contributed by atoms with Crippen molar-refractivity contribution in [3.8, 4) is 0 Å². The van der Waals surface area contributed by atoms with Crippen LogP contribution in [-0.4, -0.2) is 16.3 Å². The Kier molecular flexibility index (Phi) is 4.34. The Morgan fingerprint density at radius 2 is 2.35 bits per heavy atom. The minimum absolute atomic E-state index is 0.878. The number of aryl methyl sites for hydroxylation is 1. The molecule has 0 saturated carbocycles. The van der Waals surface area contributed by atoms with Gasteiger partial charge in [-0.2, -0.15) is 5.10 Å². The van der Waals surface area contributed by atoms with Crippen LogP contribution >= 0.6 is 11.3 Å². The Hall–Kier alpha value is -1.13. The minimum Gasteiger partial charge on any atom is -0.312 e. The van der Waals surface area contributed by atoms with Gasteiger partial charge >= 0.3 is 0 Å². The number of rotatable bonds is 6. The summed E-state index contributed by atoms with van der Waals surface area (Å²) >= 11 is 1.88. The van der Waals surface area contributed by atoms with Crippen molar-refractivity contribution in [2.45, 2.75) is 33.4 Å². The molecule has 0 aromatic carbocycles. The summed E-state index contributed by atoms with van der Waals surface area (Å²) in [5.41, 5.74) is 1.38. The molecule has 1 N–H and O–H groups in total. The molecule has 0 aliphatic carbocycles. The molecule has 0 bridgehead atoms. The molecule has 2 aromatic heterocycles. The van der Waals surface area contributed by atoms with Crippen molar-refractivity contribution >= 4 is 11.3 Å². The molecule has 0 atom stereocenters. The van der Waals surface area contributed by atoms with E-state index >= 15 is 0 Å². The van der Waals surface area contributed by atoms with E-state index in [0.29, 0.717) is 0 Å². The predicted octanol–water partition coefficient (Wildman–Crippen LogP) is 2.80. The van der Waals surface area contributed by atoms with Gasteiger partial charge in [-0.25, -0.2) is 0 Å². The SMILES string of the molecule is CCCNCc1cc(Cn2cccn2)c(C)s1. The van der Waals surface area contributed by atoms with Crippen LogP contribution in [0.15, 0.2) is 24.5 Å². The van der Waals surface area contributed by atoms with E-state index in [1.54, 1.807) is 0 Å². The van der Waals surface area contributed by atoms with Crippen molar-refractivity contribution in [2.24, 2.45) is 0 Å². The van der Waals surface area contributed by atoms with E-state index in [9.17, 15) is 0 Å². The average Bonchev–Trinajstić information content (AvgIpc) is 2.91. The van der Waals surface area contributed by atoms with Crippen molar-refractivity contribution in [3.63, 3.8) is 0 Å². The van der Waals surface area contributed by atoms with Crippen LogP contribution in [0.1, 0.15) is 28.7 Å². The first-order chi connectivity index (χ1) is 8.29. The van der Waals surface area contributed by atoms with Crippen LogP contribution < -0.4 is 5.32 Å². The molecule has 0 saturated heterocycles. The first-order valence-electron chi connectivity index (χ1n) is 6.06. The first-order valence-corrected chi connectivity index (χ1v) is 6.87. The summed E-state index contributed by atoms with van der Waals surface area (Å²) in [5.74, 6) is 0. The highest BCUT2D eigenvalue weighted by molar-refractivity contribution is 7.12. The summed E-state index contributed by atoms with van der Waals surface area (Å²) in [6.07, 6.45) is 5.02. The number of hydrogen-bond donors (Lipinski definition) is 1.